The van der Waals surface area contributed by atoms with Gasteiger partial charge in [0.2, 0.25) is 5.91 Å². The second-order valence-electron chi connectivity index (χ2n) is 8.03. The number of aryl methyl sites for hydroxylation is 1. The molecule has 31 heavy (non-hydrogen) atoms. The molecule has 1 aliphatic rings. The summed E-state index contributed by atoms with van der Waals surface area (Å²) in [7, 11) is 1.65. The molecular formula is C24H28N4O2S. The van der Waals surface area contributed by atoms with Gasteiger partial charge in [-0.3, -0.25) is 9.36 Å². The quantitative estimate of drug-likeness (QED) is 0.529. The van der Waals surface area contributed by atoms with Crippen LogP contribution in [0.15, 0.2) is 53.7 Å². The first kappa shape index (κ1) is 21.4. The number of methoxy groups -OCH3 is 1. The molecule has 162 valence electrons. The number of amides is 1. The number of para-hydroxylation sites is 1. The van der Waals surface area contributed by atoms with E-state index in [-0.39, 0.29) is 5.91 Å². The lowest BCUT2D eigenvalue weighted by Gasteiger charge is -2.30. The maximum Gasteiger partial charge on any atom is 0.233 e. The fraction of sp³-hybridized carbons (Fsp3) is 0.375. The van der Waals surface area contributed by atoms with Crippen LogP contribution in [0.3, 0.4) is 0 Å². The van der Waals surface area contributed by atoms with Crippen molar-refractivity contribution < 1.29 is 9.53 Å². The maximum atomic E-state index is 12.8. The first-order valence-corrected chi connectivity index (χ1v) is 11.6. The number of thioether (sulfide) groups is 1. The van der Waals surface area contributed by atoms with Gasteiger partial charge in [0.1, 0.15) is 5.75 Å². The summed E-state index contributed by atoms with van der Waals surface area (Å²) >= 11 is 1.43. The molecule has 0 spiro atoms. The van der Waals surface area contributed by atoms with Gasteiger partial charge in [0.25, 0.3) is 0 Å². The molecule has 1 aliphatic heterocycles. The molecule has 2 heterocycles. The lowest BCUT2D eigenvalue weighted by atomic mass is 9.99. The molecule has 0 saturated carbocycles. The van der Waals surface area contributed by atoms with Gasteiger partial charge in [-0.2, -0.15) is 0 Å². The van der Waals surface area contributed by atoms with Crippen molar-refractivity contribution in [3.05, 3.63) is 54.1 Å². The van der Waals surface area contributed by atoms with Gasteiger partial charge < -0.3 is 9.64 Å². The van der Waals surface area contributed by atoms with E-state index in [1.165, 1.54) is 17.3 Å². The van der Waals surface area contributed by atoms with Crippen molar-refractivity contribution in [2.24, 2.45) is 5.92 Å². The van der Waals surface area contributed by atoms with Gasteiger partial charge in [0.15, 0.2) is 11.0 Å². The number of hydrogen-bond donors (Lipinski definition) is 0. The minimum Gasteiger partial charge on any atom is -0.496 e. The van der Waals surface area contributed by atoms with Crippen LogP contribution in [0.4, 0.5) is 0 Å². The Balaban J connectivity index is 1.64. The summed E-state index contributed by atoms with van der Waals surface area (Å²) in [5, 5.41) is 9.62. The molecule has 0 unspecified atom stereocenters. The Kier molecular flexibility index (Phi) is 6.61. The first-order chi connectivity index (χ1) is 15.1. The number of ether oxygens (including phenoxy) is 1. The Morgan fingerprint density at radius 3 is 2.52 bits per heavy atom. The van der Waals surface area contributed by atoms with Crippen LogP contribution >= 0.6 is 11.8 Å². The van der Waals surface area contributed by atoms with Gasteiger partial charge in [-0.15, -0.1) is 10.2 Å². The van der Waals surface area contributed by atoms with Crippen molar-refractivity contribution >= 4 is 17.7 Å². The minimum atomic E-state index is 0.161. The fourth-order valence-corrected chi connectivity index (χ4v) is 4.62. The molecule has 0 atom stereocenters. The third-order valence-corrected chi connectivity index (χ3v) is 6.65. The number of rotatable bonds is 6. The molecule has 3 aromatic rings. The van der Waals surface area contributed by atoms with E-state index in [1.807, 2.05) is 33.7 Å². The van der Waals surface area contributed by atoms with Crippen molar-refractivity contribution in [3.63, 3.8) is 0 Å². The molecule has 2 aromatic carbocycles. The number of carbonyl (C=O) groups excluding carboxylic acids is 1. The zero-order chi connectivity index (χ0) is 21.8. The monoisotopic (exact) mass is 436 g/mol. The Bertz CT molecular complexity index is 1040. The molecule has 7 heteroatoms. The Morgan fingerprint density at radius 2 is 1.81 bits per heavy atom. The number of likely N-dealkylation sites (tertiary alicyclic amines) is 1. The van der Waals surface area contributed by atoms with E-state index in [0.717, 1.165) is 42.9 Å². The molecule has 0 N–H and O–H groups in total. The van der Waals surface area contributed by atoms with Gasteiger partial charge in [-0.1, -0.05) is 48.5 Å². The summed E-state index contributed by atoms with van der Waals surface area (Å²) in [5.41, 5.74) is 3.00. The molecule has 1 saturated heterocycles. The van der Waals surface area contributed by atoms with Crippen molar-refractivity contribution in [1.82, 2.24) is 19.7 Å². The Morgan fingerprint density at radius 1 is 1.10 bits per heavy atom. The van der Waals surface area contributed by atoms with E-state index in [0.29, 0.717) is 22.7 Å². The van der Waals surface area contributed by atoms with Crippen LogP contribution in [-0.2, 0) is 4.79 Å². The number of hydrogen-bond acceptors (Lipinski definition) is 5. The first-order valence-electron chi connectivity index (χ1n) is 10.6. The van der Waals surface area contributed by atoms with Gasteiger partial charge >= 0.3 is 0 Å². The fourth-order valence-electron chi connectivity index (χ4n) is 3.77. The summed E-state index contributed by atoms with van der Waals surface area (Å²) in [5.74, 6) is 2.64. The highest BCUT2D eigenvalue weighted by atomic mass is 32.2. The average Bonchev–Trinajstić information content (AvgIpc) is 3.22. The molecule has 0 aliphatic carbocycles. The largest absolute Gasteiger partial charge is 0.496 e. The van der Waals surface area contributed by atoms with Crippen LogP contribution < -0.4 is 4.74 Å². The number of piperidine rings is 1. The number of aromatic nitrogens is 3. The molecular weight excluding hydrogens is 408 g/mol. The molecule has 0 bridgehead atoms. The number of carbonyl (C=O) groups is 1. The summed E-state index contributed by atoms with van der Waals surface area (Å²) in [4.78, 5) is 14.7. The van der Waals surface area contributed by atoms with Crippen LogP contribution in [0.1, 0.15) is 25.3 Å². The third kappa shape index (κ3) is 4.77. The third-order valence-electron chi connectivity index (χ3n) is 5.73. The zero-order valence-electron chi connectivity index (χ0n) is 18.2. The van der Waals surface area contributed by atoms with Gasteiger partial charge in [0, 0.05) is 18.8 Å². The molecule has 1 aromatic heterocycles. The lowest BCUT2D eigenvalue weighted by Crippen LogP contribution is -2.38. The van der Waals surface area contributed by atoms with Crippen LogP contribution in [0.25, 0.3) is 17.1 Å². The average molecular weight is 437 g/mol. The van der Waals surface area contributed by atoms with E-state index in [4.69, 9.17) is 4.74 Å². The van der Waals surface area contributed by atoms with Crippen LogP contribution in [0.2, 0.25) is 0 Å². The SMILES string of the molecule is COc1ccccc1-c1nnc(SCC(=O)N2CCC(C)CC2)n1-c1ccc(C)cc1. The highest BCUT2D eigenvalue weighted by Crippen LogP contribution is 2.33. The van der Waals surface area contributed by atoms with Crippen LogP contribution in [0.5, 0.6) is 5.75 Å². The van der Waals surface area contributed by atoms with Crippen molar-refractivity contribution in [2.45, 2.75) is 31.8 Å². The summed E-state index contributed by atoms with van der Waals surface area (Å²) < 4.78 is 7.56. The summed E-state index contributed by atoms with van der Waals surface area (Å²) in [6.45, 7) is 6.00. The lowest BCUT2D eigenvalue weighted by molar-refractivity contribution is -0.129. The van der Waals surface area contributed by atoms with Crippen LogP contribution in [0, 0.1) is 12.8 Å². The summed E-state index contributed by atoms with van der Waals surface area (Å²) in [6, 6.07) is 16.0. The number of benzene rings is 2. The molecule has 6 nitrogen and oxygen atoms in total. The predicted molar refractivity (Wildman–Crippen MR) is 124 cm³/mol. The van der Waals surface area contributed by atoms with Crippen molar-refractivity contribution in [3.8, 4) is 22.8 Å². The zero-order valence-corrected chi connectivity index (χ0v) is 19.1. The van der Waals surface area contributed by atoms with Gasteiger partial charge in [0.05, 0.1) is 18.4 Å². The molecule has 0 radical (unpaired) electrons. The van der Waals surface area contributed by atoms with E-state index < -0.39 is 0 Å². The van der Waals surface area contributed by atoms with Crippen molar-refractivity contribution in [2.75, 3.05) is 26.0 Å². The normalized spacial score (nSPS) is 14.6. The Labute approximate surface area is 187 Å². The topological polar surface area (TPSA) is 60.3 Å². The second-order valence-corrected chi connectivity index (χ2v) is 8.97. The highest BCUT2D eigenvalue weighted by Gasteiger charge is 2.23. The van der Waals surface area contributed by atoms with E-state index in [2.05, 4.69) is 48.3 Å². The van der Waals surface area contributed by atoms with Gasteiger partial charge in [-0.05, 0) is 49.9 Å². The van der Waals surface area contributed by atoms with E-state index >= 15 is 0 Å². The molecule has 1 amide bonds. The van der Waals surface area contributed by atoms with Crippen molar-refractivity contribution in [1.29, 1.82) is 0 Å². The highest BCUT2D eigenvalue weighted by molar-refractivity contribution is 7.99. The van der Waals surface area contributed by atoms with E-state index in [1.54, 1.807) is 7.11 Å². The minimum absolute atomic E-state index is 0.161. The van der Waals surface area contributed by atoms with Crippen LogP contribution in [-0.4, -0.2) is 51.5 Å². The number of nitrogens with zero attached hydrogens (tertiary/aromatic N) is 4. The van der Waals surface area contributed by atoms with E-state index in [9.17, 15) is 4.79 Å². The standard InChI is InChI=1S/C24H28N4O2S/c1-17-8-10-19(11-9-17)28-23(20-6-4-5-7-21(20)30-3)25-26-24(28)31-16-22(29)27-14-12-18(2)13-15-27/h4-11,18H,12-16H2,1-3H3. The second kappa shape index (κ2) is 9.56. The predicted octanol–water partition coefficient (Wildman–Crippen LogP) is 4.60. The smallest absolute Gasteiger partial charge is 0.233 e. The molecule has 4 rings (SSSR count). The summed E-state index contributed by atoms with van der Waals surface area (Å²) in [6.07, 6.45) is 2.15. The Hall–Kier alpha value is -2.80. The molecule has 1 fully saturated rings. The maximum absolute atomic E-state index is 12.8. The van der Waals surface area contributed by atoms with Gasteiger partial charge in [-0.25, -0.2) is 0 Å².